The molecule has 0 radical (unpaired) electrons. The van der Waals surface area contributed by atoms with E-state index in [0.29, 0.717) is 5.92 Å². The van der Waals surface area contributed by atoms with E-state index in [1.54, 1.807) is 0 Å². The molecular weight excluding hydrogens is 230 g/mol. The molecule has 1 fully saturated rings. The van der Waals surface area contributed by atoms with Crippen molar-refractivity contribution >= 4 is 11.6 Å². The first kappa shape index (κ1) is 12.9. The summed E-state index contributed by atoms with van der Waals surface area (Å²) in [6.45, 7) is 4.51. The third kappa shape index (κ3) is 3.46. The Kier molecular flexibility index (Phi) is 4.87. The van der Waals surface area contributed by atoms with E-state index in [9.17, 15) is 0 Å². The summed E-state index contributed by atoms with van der Waals surface area (Å²) in [5.74, 6) is 1.50. The first-order chi connectivity index (χ1) is 8.31. The van der Waals surface area contributed by atoms with E-state index in [2.05, 4.69) is 30.4 Å². The third-order valence-corrected chi connectivity index (χ3v) is 4.00. The van der Waals surface area contributed by atoms with Crippen molar-refractivity contribution in [2.45, 2.75) is 38.5 Å². The molecule has 0 heterocycles. The quantitative estimate of drug-likeness (QED) is 0.773. The second-order valence-corrected chi connectivity index (χ2v) is 5.49. The van der Waals surface area contributed by atoms with Crippen molar-refractivity contribution in [1.82, 2.24) is 5.32 Å². The van der Waals surface area contributed by atoms with Gasteiger partial charge in [0.15, 0.2) is 0 Å². The van der Waals surface area contributed by atoms with Crippen LogP contribution in [0.15, 0.2) is 24.3 Å². The van der Waals surface area contributed by atoms with E-state index >= 15 is 0 Å². The number of halogens is 1. The smallest absolute Gasteiger partial charge is 0.0408 e. The molecule has 0 saturated heterocycles. The Hall–Kier alpha value is -0.530. The molecule has 1 N–H and O–H groups in total. The van der Waals surface area contributed by atoms with E-state index in [4.69, 9.17) is 11.6 Å². The topological polar surface area (TPSA) is 12.0 Å². The molecule has 0 spiro atoms. The minimum absolute atomic E-state index is 0.707. The average Bonchev–Trinajstić information content (AvgIpc) is 2.78. The fourth-order valence-corrected chi connectivity index (χ4v) is 3.12. The van der Waals surface area contributed by atoms with Gasteiger partial charge in [0.05, 0.1) is 0 Å². The maximum atomic E-state index is 6.08. The van der Waals surface area contributed by atoms with E-state index in [1.165, 1.54) is 31.2 Å². The number of hydrogen-bond acceptors (Lipinski definition) is 1. The van der Waals surface area contributed by atoms with Gasteiger partial charge in [0.25, 0.3) is 0 Å². The molecule has 0 aromatic heterocycles. The molecule has 1 aromatic rings. The molecule has 1 aliphatic rings. The molecule has 1 saturated carbocycles. The van der Waals surface area contributed by atoms with Crippen LogP contribution in [0.2, 0.25) is 5.02 Å². The van der Waals surface area contributed by atoms with Crippen molar-refractivity contribution in [3.63, 3.8) is 0 Å². The van der Waals surface area contributed by atoms with Crippen LogP contribution in [0.3, 0.4) is 0 Å². The lowest BCUT2D eigenvalue weighted by molar-refractivity contribution is 0.444. The zero-order valence-electron chi connectivity index (χ0n) is 10.6. The largest absolute Gasteiger partial charge is 0.316 e. The van der Waals surface area contributed by atoms with Gasteiger partial charge >= 0.3 is 0 Å². The first-order valence-corrected chi connectivity index (χ1v) is 7.15. The van der Waals surface area contributed by atoms with Gasteiger partial charge in [0.1, 0.15) is 0 Å². The third-order valence-electron chi connectivity index (χ3n) is 3.77. The molecule has 0 aliphatic heterocycles. The van der Waals surface area contributed by atoms with Crippen LogP contribution < -0.4 is 5.32 Å². The van der Waals surface area contributed by atoms with Gasteiger partial charge < -0.3 is 5.32 Å². The maximum Gasteiger partial charge on any atom is 0.0408 e. The number of rotatable bonds is 5. The zero-order chi connectivity index (χ0) is 12.1. The molecule has 1 aliphatic carbocycles. The highest BCUT2D eigenvalue weighted by Crippen LogP contribution is 2.39. The van der Waals surface area contributed by atoms with Crippen LogP contribution in [0.5, 0.6) is 0 Å². The van der Waals surface area contributed by atoms with Crippen molar-refractivity contribution < 1.29 is 0 Å². The Morgan fingerprint density at radius 3 is 3.00 bits per heavy atom. The lowest BCUT2D eigenvalue weighted by Crippen LogP contribution is -2.25. The second-order valence-electron chi connectivity index (χ2n) is 5.06. The number of benzene rings is 1. The zero-order valence-corrected chi connectivity index (χ0v) is 11.3. The van der Waals surface area contributed by atoms with E-state index in [1.807, 2.05) is 6.07 Å². The molecule has 1 nitrogen and oxygen atoms in total. The van der Waals surface area contributed by atoms with E-state index in [0.717, 1.165) is 24.0 Å². The van der Waals surface area contributed by atoms with Gasteiger partial charge in [-0.15, -0.1) is 0 Å². The molecule has 94 valence electrons. The lowest BCUT2D eigenvalue weighted by Gasteiger charge is -2.20. The van der Waals surface area contributed by atoms with Gasteiger partial charge in [-0.05, 0) is 61.9 Å². The summed E-state index contributed by atoms with van der Waals surface area (Å²) in [5.41, 5.74) is 1.43. The van der Waals surface area contributed by atoms with Gasteiger partial charge in [-0.25, -0.2) is 0 Å². The van der Waals surface area contributed by atoms with Crippen LogP contribution in [0, 0.1) is 5.92 Å². The van der Waals surface area contributed by atoms with Crippen molar-refractivity contribution in [1.29, 1.82) is 0 Å². The number of hydrogen-bond donors (Lipinski definition) is 1. The van der Waals surface area contributed by atoms with Gasteiger partial charge in [-0.3, -0.25) is 0 Å². The van der Waals surface area contributed by atoms with Crippen molar-refractivity contribution in [2.75, 3.05) is 13.1 Å². The molecule has 0 bridgehead atoms. The summed E-state index contributed by atoms with van der Waals surface area (Å²) < 4.78 is 0. The average molecular weight is 252 g/mol. The summed E-state index contributed by atoms with van der Waals surface area (Å²) in [5, 5.41) is 4.43. The summed E-state index contributed by atoms with van der Waals surface area (Å²) in [4.78, 5) is 0. The van der Waals surface area contributed by atoms with Gasteiger partial charge in [-0.2, -0.15) is 0 Å². The summed E-state index contributed by atoms with van der Waals surface area (Å²) in [6, 6.07) is 8.41. The fraction of sp³-hybridized carbons (Fsp3) is 0.600. The SMILES string of the molecule is CCCNCC1CCCC1c1cccc(Cl)c1. The van der Waals surface area contributed by atoms with Crippen LogP contribution >= 0.6 is 11.6 Å². The number of nitrogens with one attached hydrogen (secondary N) is 1. The molecule has 0 amide bonds. The highest BCUT2D eigenvalue weighted by atomic mass is 35.5. The molecule has 2 rings (SSSR count). The molecule has 2 heteroatoms. The lowest BCUT2D eigenvalue weighted by atomic mass is 9.89. The Bertz CT molecular complexity index is 351. The predicted octanol–water partition coefficient (Wildman–Crippen LogP) is 4.22. The Morgan fingerprint density at radius 2 is 2.24 bits per heavy atom. The Labute approximate surface area is 110 Å². The van der Waals surface area contributed by atoms with Crippen LogP contribution in [0.1, 0.15) is 44.1 Å². The molecule has 2 unspecified atom stereocenters. The highest BCUT2D eigenvalue weighted by molar-refractivity contribution is 6.30. The van der Waals surface area contributed by atoms with Crippen LogP contribution in [0.4, 0.5) is 0 Å². The van der Waals surface area contributed by atoms with Gasteiger partial charge in [-0.1, -0.05) is 37.1 Å². The van der Waals surface area contributed by atoms with Gasteiger partial charge in [0, 0.05) is 5.02 Å². The van der Waals surface area contributed by atoms with Crippen molar-refractivity contribution in [2.24, 2.45) is 5.92 Å². The summed E-state index contributed by atoms with van der Waals surface area (Å²) in [7, 11) is 0. The first-order valence-electron chi connectivity index (χ1n) is 6.77. The van der Waals surface area contributed by atoms with E-state index in [-0.39, 0.29) is 0 Å². The van der Waals surface area contributed by atoms with Crippen LogP contribution in [-0.2, 0) is 0 Å². The van der Waals surface area contributed by atoms with Crippen molar-refractivity contribution in [3.8, 4) is 0 Å². The fourth-order valence-electron chi connectivity index (χ4n) is 2.92. The standard InChI is InChI=1S/C15H22ClN/c1-2-9-17-11-13-6-4-8-15(13)12-5-3-7-14(16)10-12/h3,5,7,10,13,15,17H,2,4,6,8-9,11H2,1H3. The molecule has 2 atom stereocenters. The maximum absolute atomic E-state index is 6.08. The summed E-state index contributed by atoms with van der Waals surface area (Å²) in [6.07, 6.45) is 5.25. The minimum atomic E-state index is 0.707. The normalized spacial score (nSPS) is 24.1. The van der Waals surface area contributed by atoms with E-state index < -0.39 is 0 Å². The van der Waals surface area contributed by atoms with Crippen LogP contribution in [-0.4, -0.2) is 13.1 Å². The molecule has 17 heavy (non-hydrogen) atoms. The molecule has 1 aromatic carbocycles. The summed E-state index contributed by atoms with van der Waals surface area (Å²) >= 11 is 6.08. The second kappa shape index (κ2) is 6.42. The monoisotopic (exact) mass is 251 g/mol. The highest BCUT2D eigenvalue weighted by Gasteiger charge is 2.28. The Balaban J connectivity index is 1.99. The molecular formula is C15H22ClN. The van der Waals surface area contributed by atoms with Crippen molar-refractivity contribution in [3.05, 3.63) is 34.9 Å². The minimum Gasteiger partial charge on any atom is -0.316 e. The predicted molar refractivity (Wildman–Crippen MR) is 74.7 cm³/mol. The van der Waals surface area contributed by atoms with Gasteiger partial charge in [0.2, 0.25) is 0 Å². The van der Waals surface area contributed by atoms with Crippen LogP contribution in [0.25, 0.3) is 0 Å². The Morgan fingerprint density at radius 1 is 1.35 bits per heavy atom.